The maximum Gasteiger partial charge on any atom is 0.573 e. The fourth-order valence-electron chi connectivity index (χ4n) is 3.20. The lowest BCUT2D eigenvalue weighted by Gasteiger charge is -2.11. The Bertz CT molecular complexity index is 1060. The molecule has 1 aliphatic rings. The fourth-order valence-corrected chi connectivity index (χ4v) is 3.20. The molecule has 0 unspecified atom stereocenters. The molecule has 1 amide bonds. The van der Waals surface area contributed by atoms with Crippen molar-refractivity contribution < 1.29 is 27.4 Å². The topological polar surface area (TPSA) is 73.3 Å². The molecule has 30 heavy (non-hydrogen) atoms. The summed E-state index contributed by atoms with van der Waals surface area (Å²) < 4.78 is 47.2. The molecule has 0 saturated heterocycles. The quantitative estimate of drug-likeness (QED) is 0.687. The number of carbonyl (C=O) groups is 1. The number of amides is 1. The second-order valence-corrected chi connectivity index (χ2v) is 6.64. The lowest BCUT2D eigenvalue weighted by molar-refractivity contribution is -0.274. The molecule has 1 atom stereocenters. The van der Waals surface area contributed by atoms with E-state index in [-0.39, 0.29) is 30.0 Å². The highest BCUT2D eigenvalue weighted by Gasteiger charge is 2.31. The van der Waals surface area contributed by atoms with Gasteiger partial charge in [-0.1, -0.05) is 18.2 Å². The molecule has 0 saturated carbocycles. The van der Waals surface area contributed by atoms with E-state index in [9.17, 15) is 18.0 Å². The number of alkyl halides is 3. The average Bonchev–Trinajstić information content (AvgIpc) is 3.14. The summed E-state index contributed by atoms with van der Waals surface area (Å²) in [6.45, 7) is 0.286. The van der Waals surface area contributed by atoms with Gasteiger partial charge in [0, 0.05) is 18.8 Å². The van der Waals surface area contributed by atoms with Crippen molar-refractivity contribution in [1.29, 1.82) is 0 Å². The van der Waals surface area contributed by atoms with Gasteiger partial charge in [-0.3, -0.25) is 9.78 Å². The van der Waals surface area contributed by atoms with Crippen molar-refractivity contribution in [1.82, 2.24) is 15.3 Å². The van der Waals surface area contributed by atoms with E-state index in [2.05, 4.69) is 20.0 Å². The molecule has 0 spiro atoms. The van der Waals surface area contributed by atoms with Crippen LogP contribution in [0.4, 0.5) is 13.2 Å². The Balaban J connectivity index is 1.42. The molecule has 0 radical (unpaired) electrons. The molecule has 2 heterocycles. The van der Waals surface area contributed by atoms with Gasteiger partial charge in [0.1, 0.15) is 23.3 Å². The van der Waals surface area contributed by atoms with Crippen LogP contribution in [-0.2, 0) is 6.42 Å². The number of fused-ring (bicyclic) bond motifs is 1. The van der Waals surface area contributed by atoms with E-state index >= 15 is 0 Å². The van der Waals surface area contributed by atoms with E-state index in [0.29, 0.717) is 17.7 Å². The first-order valence-corrected chi connectivity index (χ1v) is 9.07. The van der Waals surface area contributed by atoms with E-state index in [4.69, 9.17) is 4.74 Å². The van der Waals surface area contributed by atoms with Crippen molar-refractivity contribution in [2.45, 2.75) is 18.9 Å². The van der Waals surface area contributed by atoms with Crippen LogP contribution in [0.5, 0.6) is 11.5 Å². The molecule has 0 fully saturated rings. The predicted molar refractivity (Wildman–Crippen MR) is 101 cm³/mol. The molecule has 1 aromatic heterocycles. The van der Waals surface area contributed by atoms with Gasteiger partial charge in [-0.05, 0) is 41.0 Å². The van der Waals surface area contributed by atoms with E-state index in [1.165, 1.54) is 36.8 Å². The Morgan fingerprint density at radius 3 is 2.77 bits per heavy atom. The highest BCUT2D eigenvalue weighted by molar-refractivity contribution is 5.91. The molecule has 0 aliphatic carbocycles. The summed E-state index contributed by atoms with van der Waals surface area (Å²) in [5.74, 6) is 0.0615. The van der Waals surface area contributed by atoms with E-state index in [0.717, 1.165) is 11.1 Å². The first-order chi connectivity index (χ1) is 14.4. The summed E-state index contributed by atoms with van der Waals surface area (Å²) in [5, 5.41) is 2.76. The van der Waals surface area contributed by atoms with E-state index < -0.39 is 6.36 Å². The number of carbonyl (C=O) groups excluding carboxylic acids is 1. The third-order valence-corrected chi connectivity index (χ3v) is 4.49. The van der Waals surface area contributed by atoms with Crippen LogP contribution in [0.3, 0.4) is 0 Å². The smallest absolute Gasteiger partial charge is 0.488 e. The molecule has 2 aromatic carbocycles. The van der Waals surface area contributed by atoms with Crippen molar-refractivity contribution in [2.75, 3.05) is 6.54 Å². The third-order valence-electron chi connectivity index (χ3n) is 4.49. The minimum atomic E-state index is -4.74. The number of hydrogen-bond donors (Lipinski definition) is 1. The third kappa shape index (κ3) is 4.68. The van der Waals surface area contributed by atoms with Gasteiger partial charge in [-0.25, -0.2) is 4.98 Å². The number of benzene rings is 2. The number of ether oxygens (including phenoxy) is 2. The van der Waals surface area contributed by atoms with Crippen LogP contribution in [0, 0.1) is 0 Å². The van der Waals surface area contributed by atoms with Crippen molar-refractivity contribution in [2.24, 2.45) is 0 Å². The first kappa shape index (κ1) is 19.7. The summed E-state index contributed by atoms with van der Waals surface area (Å²) in [7, 11) is 0. The summed E-state index contributed by atoms with van der Waals surface area (Å²) in [5.41, 5.74) is 2.47. The van der Waals surface area contributed by atoms with Crippen molar-refractivity contribution >= 4 is 5.91 Å². The fraction of sp³-hybridized carbons (Fsp3) is 0.190. The van der Waals surface area contributed by atoms with Crippen LogP contribution in [-0.4, -0.2) is 34.9 Å². The average molecular weight is 415 g/mol. The molecule has 6 nitrogen and oxygen atoms in total. The normalized spacial score (nSPS) is 15.2. The van der Waals surface area contributed by atoms with Crippen LogP contribution < -0.4 is 14.8 Å². The minimum Gasteiger partial charge on any atom is -0.488 e. The number of nitrogens with one attached hydrogen (secondary N) is 1. The molecule has 1 aliphatic heterocycles. The van der Waals surface area contributed by atoms with E-state index in [1.54, 1.807) is 18.2 Å². The highest BCUT2D eigenvalue weighted by atomic mass is 19.4. The van der Waals surface area contributed by atoms with Crippen molar-refractivity contribution in [3.05, 3.63) is 72.3 Å². The molecular formula is C21H16F3N3O3. The maximum atomic E-state index is 12.5. The molecular weight excluding hydrogens is 399 g/mol. The summed E-state index contributed by atoms with van der Waals surface area (Å²) in [4.78, 5) is 19.9. The molecule has 154 valence electrons. The zero-order valence-corrected chi connectivity index (χ0v) is 15.5. The Morgan fingerprint density at radius 2 is 2.00 bits per heavy atom. The number of hydrogen-bond acceptors (Lipinski definition) is 5. The van der Waals surface area contributed by atoms with Gasteiger partial charge < -0.3 is 14.8 Å². The Kier molecular flexibility index (Phi) is 5.26. The second-order valence-electron chi connectivity index (χ2n) is 6.64. The molecule has 1 N–H and O–H groups in total. The zero-order chi connectivity index (χ0) is 21.1. The molecule has 4 rings (SSSR count). The van der Waals surface area contributed by atoms with E-state index in [1.807, 2.05) is 6.07 Å². The van der Waals surface area contributed by atoms with Gasteiger partial charge in [-0.15, -0.1) is 13.2 Å². The van der Waals surface area contributed by atoms with Crippen LogP contribution in [0.25, 0.3) is 11.1 Å². The highest BCUT2D eigenvalue weighted by Crippen LogP contribution is 2.34. The second kappa shape index (κ2) is 8.02. The SMILES string of the molecule is O=C(NC[C@@H]1Cc2cc(-c3cccc(OC(F)(F)F)c3)ccc2O1)c1cnccn1. The number of halogens is 3. The minimum absolute atomic E-state index is 0.219. The number of rotatable bonds is 5. The molecule has 3 aromatic rings. The van der Waals surface area contributed by atoms with Crippen LogP contribution in [0.15, 0.2) is 61.1 Å². The zero-order valence-electron chi connectivity index (χ0n) is 15.5. The van der Waals surface area contributed by atoms with Gasteiger partial charge in [0.2, 0.25) is 0 Å². The largest absolute Gasteiger partial charge is 0.573 e. The van der Waals surface area contributed by atoms with Gasteiger partial charge in [0.15, 0.2) is 0 Å². The lowest BCUT2D eigenvalue weighted by atomic mass is 10.0. The standard InChI is InChI=1S/C21H16F3N3O3/c22-21(23,24)30-16-3-1-2-13(9-16)14-4-5-19-15(8-14)10-17(29-19)11-27-20(28)18-12-25-6-7-26-18/h1-9,12,17H,10-11H2,(H,27,28)/t17-/m0/s1. The van der Waals surface area contributed by atoms with Crippen molar-refractivity contribution in [3.8, 4) is 22.6 Å². The monoisotopic (exact) mass is 415 g/mol. The predicted octanol–water partition coefficient (Wildman–Crippen LogP) is 3.78. The first-order valence-electron chi connectivity index (χ1n) is 9.07. The van der Waals surface area contributed by atoms with Crippen LogP contribution in [0.2, 0.25) is 0 Å². The summed E-state index contributed by atoms with van der Waals surface area (Å²) in [6, 6.07) is 11.2. The van der Waals surface area contributed by atoms with Gasteiger partial charge >= 0.3 is 6.36 Å². The van der Waals surface area contributed by atoms with Gasteiger partial charge in [0.25, 0.3) is 5.91 Å². The number of aromatic nitrogens is 2. The maximum absolute atomic E-state index is 12.5. The molecule has 9 heteroatoms. The molecule has 0 bridgehead atoms. The summed E-state index contributed by atoms with van der Waals surface area (Å²) in [6.07, 6.45) is -0.141. The van der Waals surface area contributed by atoms with Crippen LogP contribution in [0.1, 0.15) is 16.1 Å². The summed E-state index contributed by atoms with van der Waals surface area (Å²) >= 11 is 0. The van der Waals surface area contributed by atoms with Crippen molar-refractivity contribution in [3.63, 3.8) is 0 Å². The lowest BCUT2D eigenvalue weighted by Crippen LogP contribution is -2.34. The van der Waals surface area contributed by atoms with Crippen LogP contribution >= 0.6 is 0 Å². The Labute approximate surface area is 169 Å². The Hall–Kier alpha value is -3.62. The Morgan fingerprint density at radius 1 is 1.17 bits per heavy atom. The van der Waals surface area contributed by atoms with Gasteiger partial charge in [0.05, 0.1) is 12.7 Å². The van der Waals surface area contributed by atoms with Gasteiger partial charge in [-0.2, -0.15) is 0 Å². The number of nitrogens with zero attached hydrogens (tertiary/aromatic N) is 2.